The number of fused-ring (bicyclic) bond motifs is 3. The Labute approximate surface area is 189 Å². The Morgan fingerprint density at radius 3 is 1.76 bits per heavy atom. The highest BCUT2D eigenvalue weighted by Gasteiger charge is 2.52. The predicted octanol–water partition coefficient (Wildman–Crippen LogP) is 3.80. The Hall–Kier alpha value is -4.04. The first-order valence-electron chi connectivity index (χ1n) is 10.8. The average Bonchev–Trinajstić information content (AvgIpc) is 3.54. The van der Waals surface area contributed by atoms with Crippen LogP contribution in [0.3, 0.4) is 0 Å². The number of aromatic nitrogens is 7. The molecular formula is C25H23N7O. The van der Waals surface area contributed by atoms with Crippen LogP contribution in [0.25, 0.3) is 33.0 Å². The second-order valence-corrected chi connectivity index (χ2v) is 8.74. The van der Waals surface area contributed by atoms with E-state index in [1.54, 1.807) is 9.36 Å². The van der Waals surface area contributed by atoms with Gasteiger partial charge in [-0.05, 0) is 44.2 Å². The maximum Gasteiger partial charge on any atom is 0.188 e. The van der Waals surface area contributed by atoms with Gasteiger partial charge in [-0.25, -0.2) is 9.36 Å². The predicted molar refractivity (Wildman–Crippen MR) is 127 cm³/mol. The molecule has 164 valence electrons. The maximum absolute atomic E-state index is 12.5. The fourth-order valence-corrected chi connectivity index (χ4v) is 4.87. The molecule has 6 aromatic rings. The number of rotatable bonds is 4. The summed E-state index contributed by atoms with van der Waals surface area (Å²) in [6.45, 7) is 3.73. The summed E-state index contributed by atoms with van der Waals surface area (Å²) in [5.74, 6) is 0. The van der Waals surface area contributed by atoms with Crippen LogP contribution in [0.15, 0.2) is 79.0 Å². The van der Waals surface area contributed by atoms with E-state index in [0.717, 1.165) is 38.5 Å². The lowest BCUT2D eigenvalue weighted by molar-refractivity contribution is -0.0833. The Morgan fingerprint density at radius 2 is 1.18 bits per heavy atom. The van der Waals surface area contributed by atoms with E-state index in [-0.39, 0.29) is 0 Å². The number of aryl methyl sites for hydroxylation is 1. The van der Waals surface area contributed by atoms with Crippen LogP contribution in [0, 0.1) is 0 Å². The van der Waals surface area contributed by atoms with E-state index in [4.69, 9.17) is 0 Å². The summed E-state index contributed by atoms with van der Waals surface area (Å²) in [5.41, 5.74) is 2.19. The van der Waals surface area contributed by atoms with Crippen LogP contribution >= 0.6 is 0 Å². The van der Waals surface area contributed by atoms with E-state index in [0.29, 0.717) is 0 Å². The molecule has 8 heteroatoms. The fraction of sp³-hybridized carbons (Fsp3) is 0.200. The van der Waals surface area contributed by atoms with Gasteiger partial charge in [0.2, 0.25) is 0 Å². The molecule has 33 heavy (non-hydrogen) atoms. The van der Waals surface area contributed by atoms with Gasteiger partial charge in [0.1, 0.15) is 16.6 Å². The van der Waals surface area contributed by atoms with Gasteiger partial charge in [-0.3, -0.25) is 0 Å². The first kappa shape index (κ1) is 19.6. The summed E-state index contributed by atoms with van der Waals surface area (Å²) in [5, 5.41) is 31.3. The lowest BCUT2D eigenvalue weighted by atomic mass is 9.83. The normalized spacial score (nSPS) is 14.3. The molecule has 0 spiro atoms. The van der Waals surface area contributed by atoms with Crippen molar-refractivity contribution in [3.63, 3.8) is 0 Å². The van der Waals surface area contributed by atoms with Gasteiger partial charge < -0.3 is 9.67 Å². The van der Waals surface area contributed by atoms with Gasteiger partial charge >= 0.3 is 0 Å². The van der Waals surface area contributed by atoms with Gasteiger partial charge in [0.05, 0.1) is 11.0 Å². The van der Waals surface area contributed by atoms with E-state index >= 15 is 0 Å². The summed E-state index contributed by atoms with van der Waals surface area (Å²) in [6.07, 6.45) is 1.97. The van der Waals surface area contributed by atoms with Crippen LogP contribution in [-0.2, 0) is 18.3 Å². The number of hydrogen-bond acceptors (Lipinski definition) is 5. The minimum atomic E-state index is -1.46. The van der Waals surface area contributed by atoms with Crippen molar-refractivity contribution in [2.45, 2.75) is 25.1 Å². The number of hydrogen-bond donors (Lipinski definition) is 1. The summed E-state index contributed by atoms with van der Waals surface area (Å²) in [6, 6.07) is 23.5. The number of benzene rings is 3. The van der Waals surface area contributed by atoms with Crippen LogP contribution in [0.2, 0.25) is 0 Å². The number of aliphatic hydroxyl groups is 1. The summed E-state index contributed by atoms with van der Waals surface area (Å²) >= 11 is 0. The zero-order valence-corrected chi connectivity index (χ0v) is 18.6. The zero-order chi connectivity index (χ0) is 22.8. The van der Waals surface area contributed by atoms with Gasteiger partial charge in [0.25, 0.3) is 0 Å². The summed E-state index contributed by atoms with van der Waals surface area (Å²) in [4.78, 5) is 0. The van der Waals surface area contributed by atoms with Crippen molar-refractivity contribution in [3.8, 4) is 0 Å². The van der Waals surface area contributed by atoms with Crippen molar-refractivity contribution < 1.29 is 5.11 Å². The van der Waals surface area contributed by atoms with Crippen molar-refractivity contribution in [2.24, 2.45) is 7.05 Å². The highest BCUT2D eigenvalue weighted by Crippen LogP contribution is 2.44. The second-order valence-electron chi connectivity index (χ2n) is 8.74. The molecule has 0 fully saturated rings. The molecule has 0 aliphatic rings. The molecule has 1 atom stereocenters. The molecule has 0 saturated carbocycles. The van der Waals surface area contributed by atoms with Gasteiger partial charge in [0.15, 0.2) is 5.66 Å². The van der Waals surface area contributed by atoms with E-state index in [1.807, 2.05) is 104 Å². The van der Waals surface area contributed by atoms with E-state index in [2.05, 4.69) is 20.6 Å². The summed E-state index contributed by atoms with van der Waals surface area (Å²) < 4.78 is 5.54. The lowest BCUT2D eigenvalue weighted by Gasteiger charge is -2.42. The molecule has 3 aromatic heterocycles. The topological polar surface area (TPSA) is 86.6 Å². The minimum absolute atomic E-state index is 0.738. The molecule has 6 rings (SSSR count). The minimum Gasteiger partial charge on any atom is -0.381 e. The maximum atomic E-state index is 12.5. The number of nitrogens with zero attached hydrogens (tertiary/aromatic N) is 7. The van der Waals surface area contributed by atoms with Crippen LogP contribution in [-0.4, -0.2) is 39.7 Å². The molecule has 0 amide bonds. The number of para-hydroxylation sites is 3. The largest absolute Gasteiger partial charge is 0.381 e. The first-order chi connectivity index (χ1) is 15.9. The second kappa shape index (κ2) is 6.73. The SMILES string of the molecule is Cn1cc(C(C)(O)C(C)(n2nnc3ccccc32)n2nnc3ccccc32)c2ccccc21. The molecule has 0 saturated heterocycles. The van der Waals surface area contributed by atoms with Crippen LogP contribution in [0.5, 0.6) is 0 Å². The van der Waals surface area contributed by atoms with Crippen molar-refractivity contribution in [3.05, 3.63) is 84.6 Å². The van der Waals surface area contributed by atoms with Gasteiger partial charge in [-0.1, -0.05) is 52.9 Å². The van der Waals surface area contributed by atoms with Crippen molar-refractivity contribution in [1.29, 1.82) is 0 Å². The highest BCUT2D eigenvalue weighted by atomic mass is 16.3. The summed E-state index contributed by atoms with van der Waals surface area (Å²) in [7, 11) is 1.98. The fourth-order valence-electron chi connectivity index (χ4n) is 4.87. The molecule has 0 aliphatic heterocycles. The van der Waals surface area contributed by atoms with Gasteiger partial charge in [0, 0.05) is 29.7 Å². The van der Waals surface area contributed by atoms with Crippen LogP contribution in [0.1, 0.15) is 19.4 Å². The van der Waals surface area contributed by atoms with Crippen molar-refractivity contribution in [1.82, 2.24) is 34.6 Å². The smallest absolute Gasteiger partial charge is 0.188 e. The quantitative estimate of drug-likeness (QED) is 0.453. The Morgan fingerprint density at radius 1 is 0.697 bits per heavy atom. The highest BCUT2D eigenvalue weighted by molar-refractivity contribution is 5.85. The van der Waals surface area contributed by atoms with E-state index in [9.17, 15) is 5.11 Å². The molecule has 3 heterocycles. The molecule has 1 unspecified atom stereocenters. The molecule has 1 N–H and O–H groups in total. The average molecular weight is 438 g/mol. The monoisotopic (exact) mass is 437 g/mol. The van der Waals surface area contributed by atoms with Gasteiger partial charge in [-0.2, -0.15) is 0 Å². The molecule has 0 bridgehead atoms. The molecular weight excluding hydrogens is 414 g/mol. The van der Waals surface area contributed by atoms with Crippen LogP contribution in [0.4, 0.5) is 0 Å². The zero-order valence-electron chi connectivity index (χ0n) is 18.6. The Kier molecular flexibility index (Phi) is 4.00. The van der Waals surface area contributed by atoms with Crippen LogP contribution < -0.4 is 0 Å². The third-order valence-corrected chi connectivity index (χ3v) is 6.87. The standard InChI is InChI=1S/C25H23N7O/c1-24(33,18-16-30(3)21-13-7-4-10-17(18)21)25(2,31-22-14-8-5-11-19(22)26-28-31)32-23-15-9-6-12-20(23)27-29-32/h4-16,33H,1-3H3. The van der Waals surface area contributed by atoms with E-state index in [1.165, 1.54) is 0 Å². The molecule has 8 nitrogen and oxygen atoms in total. The molecule has 0 radical (unpaired) electrons. The molecule has 0 aliphatic carbocycles. The third-order valence-electron chi connectivity index (χ3n) is 6.87. The Balaban J connectivity index is 1.72. The van der Waals surface area contributed by atoms with E-state index < -0.39 is 11.3 Å². The van der Waals surface area contributed by atoms with Gasteiger partial charge in [-0.15, -0.1) is 10.2 Å². The first-order valence-corrected chi connectivity index (χ1v) is 10.8. The lowest BCUT2D eigenvalue weighted by Crippen LogP contribution is -2.55. The van der Waals surface area contributed by atoms with Crippen molar-refractivity contribution >= 4 is 33.0 Å². The molecule has 3 aromatic carbocycles. The third kappa shape index (κ3) is 2.55. The Bertz CT molecular complexity index is 1560. The van der Waals surface area contributed by atoms with Crippen molar-refractivity contribution in [2.75, 3.05) is 0 Å².